The van der Waals surface area contributed by atoms with E-state index >= 15 is 0 Å². The Morgan fingerprint density at radius 1 is 1.11 bits per heavy atom. The standard InChI is InChI=1S/C16H33N3/c1-3-10-17-15-6-8-16(9-7-15)18(2)13-14-19-11-4-5-12-19/h15-17H,3-14H2,1-2H3. The summed E-state index contributed by atoms with van der Waals surface area (Å²) in [5.74, 6) is 0. The van der Waals surface area contributed by atoms with E-state index in [0.717, 1.165) is 12.1 Å². The van der Waals surface area contributed by atoms with Crippen molar-refractivity contribution in [3.63, 3.8) is 0 Å². The van der Waals surface area contributed by atoms with Gasteiger partial charge in [0.25, 0.3) is 0 Å². The van der Waals surface area contributed by atoms with Gasteiger partial charge in [0.05, 0.1) is 0 Å². The van der Waals surface area contributed by atoms with Crippen molar-refractivity contribution in [2.75, 3.05) is 39.8 Å². The maximum atomic E-state index is 3.68. The molecule has 0 atom stereocenters. The molecule has 1 aliphatic carbocycles. The molecular formula is C16H33N3. The van der Waals surface area contributed by atoms with E-state index < -0.39 is 0 Å². The Morgan fingerprint density at radius 2 is 1.79 bits per heavy atom. The fourth-order valence-electron chi connectivity index (χ4n) is 3.56. The molecule has 1 heterocycles. The lowest BCUT2D eigenvalue weighted by Gasteiger charge is -2.35. The van der Waals surface area contributed by atoms with Crippen LogP contribution in [0, 0.1) is 0 Å². The van der Waals surface area contributed by atoms with E-state index in [1.807, 2.05) is 0 Å². The van der Waals surface area contributed by atoms with Crippen molar-refractivity contribution < 1.29 is 0 Å². The largest absolute Gasteiger partial charge is 0.314 e. The van der Waals surface area contributed by atoms with Crippen LogP contribution < -0.4 is 5.32 Å². The number of likely N-dealkylation sites (tertiary alicyclic amines) is 1. The zero-order chi connectivity index (χ0) is 13.5. The first-order chi connectivity index (χ1) is 9.29. The van der Waals surface area contributed by atoms with Crippen molar-refractivity contribution in [3.8, 4) is 0 Å². The predicted molar refractivity (Wildman–Crippen MR) is 82.6 cm³/mol. The Morgan fingerprint density at radius 3 is 2.42 bits per heavy atom. The Hall–Kier alpha value is -0.120. The lowest BCUT2D eigenvalue weighted by molar-refractivity contribution is 0.157. The second kappa shape index (κ2) is 8.23. The summed E-state index contributed by atoms with van der Waals surface area (Å²) in [6.45, 7) is 8.66. The van der Waals surface area contributed by atoms with Crippen LogP contribution in [0.4, 0.5) is 0 Å². The van der Waals surface area contributed by atoms with E-state index in [-0.39, 0.29) is 0 Å². The number of likely N-dealkylation sites (N-methyl/N-ethyl adjacent to an activating group) is 1. The maximum absolute atomic E-state index is 3.68. The predicted octanol–water partition coefficient (Wildman–Crippen LogP) is 2.32. The summed E-state index contributed by atoms with van der Waals surface area (Å²) in [4.78, 5) is 5.25. The average Bonchev–Trinajstić information content (AvgIpc) is 2.96. The van der Waals surface area contributed by atoms with E-state index in [9.17, 15) is 0 Å². The number of hydrogen-bond acceptors (Lipinski definition) is 3. The highest BCUT2D eigenvalue weighted by atomic mass is 15.2. The van der Waals surface area contributed by atoms with Gasteiger partial charge in [0, 0.05) is 25.2 Å². The van der Waals surface area contributed by atoms with E-state index in [2.05, 4.69) is 29.1 Å². The second-order valence-corrected chi connectivity index (χ2v) is 6.49. The van der Waals surface area contributed by atoms with Crippen LogP contribution in [0.1, 0.15) is 51.9 Å². The van der Waals surface area contributed by atoms with Gasteiger partial charge < -0.3 is 15.1 Å². The van der Waals surface area contributed by atoms with Crippen molar-refractivity contribution >= 4 is 0 Å². The first-order valence-electron chi connectivity index (χ1n) is 8.45. The molecule has 0 aromatic carbocycles. The fourth-order valence-corrected chi connectivity index (χ4v) is 3.56. The summed E-state index contributed by atoms with van der Waals surface area (Å²) in [7, 11) is 2.33. The molecule has 0 bridgehead atoms. The molecule has 3 heteroatoms. The summed E-state index contributed by atoms with van der Waals surface area (Å²) in [5.41, 5.74) is 0. The normalized spacial score (nSPS) is 29.2. The SMILES string of the molecule is CCCNC1CCC(N(C)CCN2CCCC2)CC1. The Bertz CT molecular complexity index is 230. The van der Waals surface area contributed by atoms with Crippen LogP contribution in [0.25, 0.3) is 0 Å². The summed E-state index contributed by atoms with van der Waals surface area (Å²) in [5, 5.41) is 3.68. The minimum Gasteiger partial charge on any atom is -0.314 e. The number of rotatable bonds is 7. The van der Waals surface area contributed by atoms with Gasteiger partial charge in [-0.25, -0.2) is 0 Å². The third kappa shape index (κ3) is 5.05. The van der Waals surface area contributed by atoms with E-state index in [4.69, 9.17) is 0 Å². The van der Waals surface area contributed by atoms with Gasteiger partial charge in [-0.2, -0.15) is 0 Å². The lowest BCUT2D eigenvalue weighted by atomic mass is 9.90. The molecule has 0 radical (unpaired) electrons. The van der Waals surface area contributed by atoms with Crippen LogP contribution in [0.3, 0.4) is 0 Å². The molecule has 0 spiro atoms. The van der Waals surface area contributed by atoms with Gasteiger partial charge >= 0.3 is 0 Å². The van der Waals surface area contributed by atoms with Gasteiger partial charge in [0.2, 0.25) is 0 Å². The van der Waals surface area contributed by atoms with Gasteiger partial charge in [0.15, 0.2) is 0 Å². The maximum Gasteiger partial charge on any atom is 0.0109 e. The summed E-state index contributed by atoms with van der Waals surface area (Å²) < 4.78 is 0. The highest BCUT2D eigenvalue weighted by molar-refractivity contribution is 4.82. The van der Waals surface area contributed by atoms with Crippen LogP contribution >= 0.6 is 0 Å². The number of nitrogens with zero attached hydrogens (tertiary/aromatic N) is 2. The first kappa shape index (κ1) is 15.3. The minimum atomic E-state index is 0.795. The summed E-state index contributed by atoms with van der Waals surface area (Å²) in [6.07, 6.45) is 9.61. The van der Waals surface area contributed by atoms with Crippen molar-refractivity contribution in [3.05, 3.63) is 0 Å². The van der Waals surface area contributed by atoms with Crippen LogP contribution in [-0.4, -0.2) is 61.7 Å². The molecular weight excluding hydrogens is 234 g/mol. The van der Waals surface area contributed by atoms with Gasteiger partial charge in [-0.15, -0.1) is 0 Å². The molecule has 2 aliphatic rings. The molecule has 0 unspecified atom stereocenters. The number of hydrogen-bond donors (Lipinski definition) is 1. The van der Waals surface area contributed by atoms with Crippen molar-refractivity contribution in [2.24, 2.45) is 0 Å². The van der Waals surface area contributed by atoms with Crippen LogP contribution in [0.2, 0.25) is 0 Å². The van der Waals surface area contributed by atoms with Crippen LogP contribution in [0.15, 0.2) is 0 Å². The zero-order valence-corrected chi connectivity index (χ0v) is 13.0. The molecule has 2 fully saturated rings. The minimum absolute atomic E-state index is 0.795. The lowest BCUT2D eigenvalue weighted by Crippen LogP contribution is -2.43. The van der Waals surface area contributed by atoms with Gasteiger partial charge in [-0.3, -0.25) is 0 Å². The zero-order valence-electron chi connectivity index (χ0n) is 13.0. The molecule has 0 aromatic heterocycles. The monoisotopic (exact) mass is 267 g/mol. The fraction of sp³-hybridized carbons (Fsp3) is 1.00. The smallest absolute Gasteiger partial charge is 0.0109 e. The molecule has 1 saturated heterocycles. The quantitative estimate of drug-likeness (QED) is 0.764. The second-order valence-electron chi connectivity index (χ2n) is 6.49. The number of nitrogens with one attached hydrogen (secondary N) is 1. The van der Waals surface area contributed by atoms with Crippen LogP contribution in [0.5, 0.6) is 0 Å². The average molecular weight is 267 g/mol. The third-order valence-corrected chi connectivity index (χ3v) is 4.97. The molecule has 2 rings (SSSR count). The van der Waals surface area contributed by atoms with E-state index in [1.54, 1.807) is 0 Å². The molecule has 112 valence electrons. The molecule has 1 N–H and O–H groups in total. The van der Waals surface area contributed by atoms with Gasteiger partial charge in [-0.05, 0) is 71.6 Å². The van der Waals surface area contributed by atoms with Crippen molar-refractivity contribution in [2.45, 2.75) is 64.0 Å². The van der Waals surface area contributed by atoms with E-state index in [0.29, 0.717) is 0 Å². The highest BCUT2D eigenvalue weighted by Crippen LogP contribution is 2.22. The van der Waals surface area contributed by atoms with Crippen molar-refractivity contribution in [1.82, 2.24) is 15.1 Å². The molecule has 1 saturated carbocycles. The molecule has 0 aromatic rings. The van der Waals surface area contributed by atoms with Crippen LogP contribution in [-0.2, 0) is 0 Å². The van der Waals surface area contributed by atoms with Gasteiger partial charge in [-0.1, -0.05) is 6.92 Å². The Labute approximate surface area is 119 Å². The molecule has 1 aliphatic heterocycles. The first-order valence-corrected chi connectivity index (χ1v) is 8.45. The van der Waals surface area contributed by atoms with Gasteiger partial charge in [0.1, 0.15) is 0 Å². The topological polar surface area (TPSA) is 18.5 Å². The summed E-state index contributed by atoms with van der Waals surface area (Å²) >= 11 is 0. The third-order valence-electron chi connectivity index (χ3n) is 4.97. The Balaban J connectivity index is 1.60. The summed E-state index contributed by atoms with van der Waals surface area (Å²) in [6, 6.07) is 1.63. The Kier molecular flexibility index (Phi) is 6.62. The highest BCUT2D eigenvalue weighted by Gasteiger charge is 2.23. The molecule has 19 heavy (non-hydrogen) atoms. The van der Waals surface area contributed by atoms with Crippen molar-refractivity contribution in [1.29, 1.82) is 0 Å². The molecule has 0 amide bonds. The van der Waals surface area contributed by atoms with E-state index in [1.165, 1.54) is 77.7 Å². The molecule has 3 nitrogen and oxygen atoms in total.